The Morgan fingerprint density at radius 3 is 2.56 bits per heavy atom. The fourth-order valence-electron chi connectivity index (χ4n) is 1.22. The smallest absolute Gasteiger partial charge is 0.242 e. The molecule has 0 radical (unpaired) electrons. The van der Waals surface area contributed by atoms with Gasteiger partial charge in [-0.3, -0.25) is 4.84 Å². The van der Waals surface area contributed by atoms with Crippen molar-refractivity contribution in [1.82, 2.24) is 15.0 Å². The molecule has 1 rings (SSSR count). The molecule has 0 aromatic carbocycles. The van der Waals surface area contributed by atoms with Gasteiger partial charge in [0.25, 0.3) is 0 Å². The molecule has 7 heteroatoms. The summed E-state index contributed by atoms with van der Waals surface area (Å²) in [7, 11) is 1.64. The topological polar surface area (TPSA) is 72.0 Å². The van der Waals surface area contributed by atoms with Crippen LogP contribution in [0.4, 0.5) is 11.9 Å². The van der Waals surface area contributed by atoms with Crippen LogP contribution in [0.1, 0.15) is 25.6 Å². The number of anilines is 2. The largest absolute Gasteiger partial charge is 0.384 e. The first kappa shape index (κ1) is 12.9. The molecule has 1 aromatic heterocycles. The van der Waals surface area contributed by atoms with Gasteiger partial charge in [-0.05, 0) is 6.92 Å². The molecule has 2 N–H and O–H groups in total. The first-order chi connectivity index (χ1) is 7.71. The minimum absolute atomic E-state index is 0.0918. The SMILES string of the molecule is CCNc1nc(NCl)nc(C(C)COC)n1. The molecule has 0 fully saturated rings. The summed E-state index contributed by atoms with van der Waals surface area (Å²) in [6.07, 6.45) is 0. The van der Waals surface area contributed by atoms with Gasteiger partial charge < -0.3 is 10.1 Å². The highest BCUT2D eigenvalue weighted by atomic mass is 35.5. The summed E-state index contributed by atoms with van der Waals surface area (Å²) in [6, 6.07) is 0. The maximum absolute atomic E-state index is 5.49. The fourth-order valence-corrected chi connectivity index (χ4v) is 1.30. The zero-order valence-corrected chi connectivity index (χ0v) is 10.4. The molecule has 16 heavy (non-hydrogen) atoms. The summed E-state index contributed by atoms with van der Waals surface area (Å²) in [5, 5.41) is 3.02. The molecule has 0 bridgehead atoms. The number of nitrogens with zero attached hydrogens (tertiary/aromatic N) is 3. The Labute approximate surface area is 99.9 Å². The van der Waals surface area contributed by atoms with Gasteiger partial charge in [-0.25, -0.2) is 0 Å². The molecule has 0 saturated heterocycles. The van der Waals surface area contributed by atoms with Crippen LogP contribution < -0.4 is 10.2 Å². The van der Waals surface area contributed by atoms with E-state index in [0.29, 0.717) is 24.3 Å². The molecule has 1 aromatic rings. The Hall–Kier alpha value is -1.14. The van der Waals surface area contributed by atoms with Crippen LogP contribution in [0.15, 0.2) is 0 Å². The fraction of sp³-hybridized carbons (Fsp3) is 0.667. The summed E-state index contributed by atoms with van der Waals surface area (Å²) >= 11 is 5.49. The van der Waals surface area contributed by atoms with Crippen molar-refractivity contribution in [2.45, 2.75) is 19.8 Å². The van der Waals surface area contributed by atoms with Crippen molar-refractivity contribution in [3.8, 4) is 0 Å². The molecule has 0 aliphatic heterocycles. The second-order valence-electron chi connectivity index (χ2n) is 3.32. The van der Waals surface area contributed by atoms with Crippen LogP contribution in [-0.2, 0) is 4.74 Å². The number of nitrogens with one attached hydrogen (secondary N) is 2. The molecule has 0 amide bonds. The van der Waals surface area contributed by atoms with Crippen LogP contribution in [0.25, 0.3) is 0 Å². The van der Waals surface area contributed by atoms with E-state index in [4.69, 9.17) is 16.5 Å². The van der Waals surface area contributed by atoms with Gasteiger partial charge in [0.2, 0.25) is 11.9 Å². The van der Waals surface area contributed by atoms with E-state index in [9.17, 15) is 0 Å². The highest BCUT2D eigenvalue weighted by molar-refractivity contribution is 6.23. The molecule has 90 valence electrons. The monoisotopic (exact) mass is 245 g/mol. The Bertz CT molecular complexity index is 336. The predicted octanol–water partition coefficient (Wildman–Crippen LogP) is 1.62. The van der Waals surface area contributed by atoms with E-state index in [0.717, 1.165) is 6.54 Å². The lowest BCUT2D eigenvalue weighted by atomic mass is 10.2. The van der Waals surface area contributed by atoms with Crippen molar-refractivity contribution in [2.24, 2.45) is 0 Å². The highest BCUT2D eigenvalue weighted by Crippen LogP contribution is 2.14. The Morgan fingerprint density at radius 1 is 1.31 bits per heavy atom. The average molecular weight is 246 g/mol. The molecule has 0 aliphatic carbocycles. The van der Waals surface area contributed by atoms with Crippen LogP contribution in [0.5, 0.6) is 0 Å². The standard InChI is InChI=1S/C9H16ClN5O/c1-4-11-8-12-7(6(2)5-16-3)13-9(14-8)15-10/h6H,4-5H2,1-3H3,(H2,11,12,13,14,15). The number of aromatic nitrogens is 3. The Morgan fingerprint density at radius 2 is 2.00 bits per heavy atom. The van der Waals surface area contributed by atoms with E-state index in [1.165, 1.54) is 0 Å². The van der Waals surface area contributed by atoms with Gasteiger partial charge in [0.05, 0.1) is 6.61 Å². The molecule has 0 spiro atoms. The van der Waals surface area contributed by atoms with E-state index < -0.39 is 0 Å². The minimum atomic E-state index is 0.0918. The summed E-state index contributed by atoms with van der Waals surface area (Å²) in [4.78, 5) is 14.9. The minimum Gasteiger partial charge on any atom is -0.384 e. The van der Waals surface area contributed by atoms with Gasteiger partial charge in [0, 0.05) is 31.3 Å². The predicted molar refractivity (Wildman–Crippen MR) is 63.8 cm³/mol. The van der Waals surface area contributed by atoms with Gasteiger partial charge in [0.15, 0.2) is 0 Å². The molecule has 1 heterocycles. The molecule has 1 atom stereocenters. The lowest BCUT2D eigenvalue weighted by molar-refractivity contribution is 0.181. The van der Waals surface area contributed by atoms with E-state index in [1.807, 2.05) is 13.8 Å². The Kier molecular flexibility index (Phi) is 5.21. The van der Waals surface area contributed by atoms with E-state index in [-0.39, 0.29) is 5.92 Å². The maximum Gasteiger partial charge on any atom is 0.242 e. The van der Waals surface area contributed by atoms with Crippen molar-refractivity contribution in [1.29, 1.82) is 0 Å². The molecular formula is C9H16ClN5O. The maximum atomic E-state index is 5.49. The lowest BCUT2D eigenvalue weighted by Gasteiger charge is -2.11. The lowest BCUT2D eigenvalue weighted by Crippen LogP contribution is -2.12. The van der Waals surface area contributed by atoms with Crippen molar-refractivity contribution in [3.63, 3.8) is 0 Å². The van der Waals surface area contributed by atoms with E-state index in [1.54, 1.807) is 7.11 Å². The zero-order chi connectivity index (χ0) is 12.0. The quantitative estimate of drug-likeness (QED) is 0.742. The second kappa shape index (κ2) is 6.44. The number of rotatable bonds is 6. The molecular weight excluding hydrogens is 230 g/mol. The van der Waals surface area contributed by atoms with Gasteiger partial charge >= 0.3 is 0 Å². The number of hydrogen-bond donors (Lipinski definition) is 2. The third-order valence-corrected chi connectivity index (χ3v) is 2.10. The third kappa shape index (κ3) is 3.46. The summed E-state index contributed by atoms with van der Waals surface area (Å²) < 4.78 is 5.06. The molecule has 0 aliphatic rings. The highest BCUT2D eigenvalue weighted by Gasteiger charge is 2.12. The van der Waals surface area contributed by atoms with Crippen LogP contribution >= 0.6 is 11.8 Å². The average Bonchev–Trinajstić information content (AvgIpc) is 2.29. The number of hydrogen-bond acceptors (Lipinski definition) is 6. The molecule has 0 saturated carbocycles. The van der Waals surface area contributed by atoms with Crippen LogP contribution in [0.3, 0.4) is 0 Å². The van der Waals surface area contributed by atoms with Crippen LogP contribution in [0.2, 0.25) is 0 Å². The first-order valence-corrected chi connectivity index (χ1v) is 5.44. The van der Waals surface area contributed by atoms with E-state index >= 15 is 0 Å². The van der Waals surface area contributed by atoms with Crippen molar-refractivity contribution in [2.75, 3.05) is 30.4 Å². The third-order valence-electron chi connectivity index (χ3n) is 1.93. The van der Waals surface area contributed by atoms with Crippen molar-refractivity contribution in [3.05, 3.63) is 5.82 Å². The van der Waals surface area contributed by atoms with E-state index in [2.05, 4.69) is 25.1 Å². The van der Waals surface area contributed by atoms with Crippen LogP contribution in [-0.4, -0.2) is 35.2 Å². The first-order valence-electron chi connectivity index (χ1n) is 5.06. The van der Waals surface area contributed by atoms with Gasteiger partial charge in [-0.1, -0.05) is 6.92 Å². The van der Waals surface area contributed by atoms with Crippen LogP contribution in [0, 0.1) is 0 Å². The normalized spacial score (nSPS) is 12.2. The van der Waals surface area contributed by atoms with Crippen molar-refractivity contribution < 1.29 is 4.74 Å². The number of methoxy groups -OCH3 is 1. The van der Waals surface area contributed by atoms with Crippen molar-refractivity contribution >= 4 is 23.7 Å². The molecule has 6 nitrogen and oxygen atoms in total. The Balaban J connectivity index is 2.93. The number of ether oxygens (including phenoxy) is 1. The molecule has 1 unspecified atom stereocenters. The zero-order valence-electron chi connectivity index (χ0n) is 9.62. The van der Waals surface area contributed by atoms with Gasteiger partial charge in [0.1, 0.15) is 5.82 Å². The summed E-state index contributed by atoms with van der Waals surface area (Å²) in [5.41, 5.74) is 0. The summed E-state index contributed by atoms with van der Waals surface area (Å²) in [5.74, 6) is 1.59. The summed E-state index contributed by atoms with van der Waals surface area (Å²) in [6.45, 7) is 5.24. The second-order valence-corrected chi connectivity index (χ2v) is 3.51. The number of halogens is 1. The van der Waals surface area contributed by atoms with Gasteiger partial charge in [-0.15, -0.1) is 0 Å². The van der Waals surface area contributed by atoms with Gasteiger partial charge in [-0.2, -0.15) is 15.0 Å².